The van der Waals surface area contributed by atoms with E-state index in [2.05, 4.69) is 0 Å². The zero-order valence-electron chi connectivity index (χ0n) is 9.52. The average molecular weight is 226 g/mol. The molecular weight excluding hydrogens is 212 g/mol. The van der Waals surface area contributed by atoms with E-state index in [0.29, 0.717) is 12.1 Å². The number of nitro groups is 1. The van der Waals surface area contributed by atoms with E-state index in [4.69, 9.17) is 4.74 Å². The van der Waals surface area contributed by atoms with Gasteiger partial charge in [0.05, 0.1) is 17.2 Å². The summed E-state index contributed by atoms with van der Waals surface area (Å²) in [6.45, 7) is 3.74. The van der Waals surface area contributed by atoms with Crippen LogP contribution in [0.2, 0.25) is 0 Å². The molecule has 0 saturated heterocycles. The van der Waals surface area contributed by atoms with Crippen LogP contribution in [0.15, 0.2) is 6.07 Å². The molecule has 0 bridgehead atoms. The number of carbonyl (C=O) groups excluding carboxylic acids is 1. The third-order valence-corrected chi connectivity index (χ3v) is 2.35. The van der Waals surface area contributed by atoms with Crippen molar-refractivity contribution in [3.8, 4) is 0 Å². The molecule has 0 aliphatic carbocycles. The molecule has 1 aromatic rings. The molecule has 1 aromatic heterocycles. The molecule has 0 saturated carbocycles. The molecule has 16 heavy (non-hydrogen) atoms. The standard InChI is InChI=1S/C10H14N2O4/c1-4-7-8(12(14)15)6-9(11(7)3)10(13)16-5-2/h6H,4-5H2,1-3H3. The van der Waals surface area contributed by atoms with E-state index >= 15 is 0 Å². The van der Waals surface area contributed by atoms with Crippen LogP contribution in [-0.2, 0) is 18.2 Å². The SMILES string of the molecule is CCOC(=O)c1cc([N+](=O)[O-])c(CC)n1C. The van der Waals surface area contributed by atoms with Crippen LogP contribution in [0.3, 0.4) is 0 Å². The fourth-order valence-corrected chi connectivity index (χ4v) is 1.60. The molecule has 1 heterocycles. The number of aromatic nitrogens is 1. The summed E-state index contributed by atoms with van der Waals surface area (Å²) in [4.78, 5) is 21.8. The van der Waals surface area contributed by atoms with Crippen molar-refractivity contribution < 1.29 is 14.5 Å². The summed E-state index contributed by atoms with van der Waals surface area (Å²) in [5.41, 5.74) is 0.700. The average Bonchev–Trinajstić information content (AvgIpc) is 2.55. The van der Waals surface area contributed by atoms with Crippen molar-refractivity contribution in [3.05, 3.63) is 27.6 Å². The van der Waals surface area contributed by atoms with Gasteiger partial charge in [0.15, 0.2) is 0 Å². The lowest BCUT2D eigenvalue weighted by Gasteiger charge is -2.04. The van der Waals surface area contributed by atoms with E-state index in [-0.39, 0.29) is 18.0 Å². The van der Waals surface area contributed by atoms with Crippen molar-refractivity contribution in [2.45, 2.75) is 20.3 Å². The van der Waals surface area contributed by atoms with Gasteiger partial charge in [-0.05, 0) is 13.3 Å². The first-order valence-electron chi connectivity index (χ1n) is 5.03. The Morgan fingerprint density at radius 2 is 2.19 bits per heavy atom. The Labute approximate surface area is 93.0 Å². The van der Waals surface area contributed by atoms with E-state index < -0.39 is 10.9 Å². The van der Waals surface area contributed by atoms with E-state index in [0.717, 1.165) is 0 Å². The third-order valence-electron chi connectivity index (χ3n) is 2.35. The van der Waals surface area contributed by atoms with Crippen molar-refractivity contribution in [2.24, 2.45) is 7.05 Å². The highest BCUT2D eigenvalue weighted by Crippen LogP contribution is 2.23. The van der Waals surface area contributed by atoms with E-state index in [9.17, 15) is 14.9 Å². The van der Waals surface area contributed by atoms with Crippen LogP contribution in [0.25, 0.3) is 0 Å². The highest BCUT2D eigenvalue weighted by atomic mass is 16.6. The number of carbonyl (C=O) groups is 1. The minimum atomic E-state index is -0.534. The second-order valence-electron chi connectivity index (χ2n) is 3.25. The Kier molecular flexibility index (Phi) is 3.65. The van der Waals surface area contributed by atoms with Gasteiger partial charge in [-0.15, -0.1) is 0 Å². The first kappa shape index (κ1) is 12.2. The highest BCUT2D eigenvalue weighted by Gasteiger charge is 2.24. The van der Waals surface area contributed by atoms with Gasteiger partial charge < -0.3 is 9.30 Å². The zero-order chi connectivity index (χ0) is 12.3. The molecule has 0 aliphatic rings. The van der Waals surface area contributed by atoms with Gasteiger partial charge in [-0.3, -0.25) is 10.1 Å². The number of esters is 1. The predicted octanol–water partition coefficient (Wildman–Crippen LogP) is 1.67. The molecule has 0 atom stereocenters. The van der Waals surface area contributed by atoms with Crippen LogP contribution in [0, 0.1) is 10.1 Å². The number of nitrogens with zero attached hydrogens (tertiary/aromatic N) is 2. The maximum absolute atomic E-state index is 11.5. The van der Waals surface area contributed by atoms with Crippen LogP contribution in [0.1, 0.15) is 30.0 Å². The normalized spacial score (nSPS) is 10.2. The Balaban J connectivity index is 3.22. The van der Waals surface area contributed by atoms with Crippen molar-refractivity contribution in [1.29, 1.82) is 0 Å². The second kappa shape index (κ2) is 4.78. The fraction of sp³-hybridized carbons (Fsp3) is 0.500. The molecule has 0 aliphatic heterocycles. The maximum Gasteiger partial charge on any atom is 0.355 e. The predicted molar refractivity (Wildman–Crippen MR) is 57.4 cm³/mol. The number of hydrogen-bond donors (Lipinski definition) is 0. The second-order valence-corrected chi connectivity index (χ2v) is 3.25. The van der Waals surface area contributed by atoms with E-state index in [1.807, 2.05) is 0 Å². The Bertz CT molecular complexity index is 423. The van der Waals surface area contributed by atoms with Crippen LogP contribution in [0.4, 0.5) is 5.69 Å². The van der Waals surface area contributed by atoms with Gasteiger partial charge in [-0.2, -0.15) is 0 Å². The van der Waals surface area contributed by atoms with Crippen LogP contribution >= 0.6 is 0 Å². The van der Waals surface area contributed by atoms with Crippen LogP contribution in [-0.4, -0.2) is 22.1 Å². The molecule has 0 radical (unpaired) electrons. The Hall–Kier alpha value is -1.85. The fourth-order valence-electron chi connectivity index (χ4n) is 1.60. The molecule has 0 spiro atoms. The molecule has 6 nitrogen and oxygen atoms in total. The van der Waals surface area contributed by atoms with Crippen molar-refractivity contribution in [3.63, 3.8) is 0 Å². The van der Waals surface area contributed by atoms with E-state index in [1.165, 1.54) is 10.6 Å². The van der Waals surface area contributed by atoms with Gasteiger partial charge in [-0.1, -0.05) is 6.92 Å². The van der Waals surface area contributed by atoms with Crippen molar-refractivity contribution in [1.82, 2.24) is 4.57 Å². The van der Waals surface area contributed by atoms with Crippen LogP contribution in [0.5, 0.6) is 0 Å². The van der Waals surface area contributed by atoms with Gasteiger partial charge in [0.1, 0.15) is 5.69 Å². The number of hydrogen-bond acceptors (Lipinski definition) is 4. The highest BCUT2D eigenvalue weighted by molar-refractivity contribution is 5.89. The first-order chi connectivity index (χ1) is 7.52. The molecule has 0 fully saturated rings. The Morgan fingerprint density at radius 3 is 2.56 bits per heavy atom. The van der Waals surface area contributed by atoms with E-state index in [1.54, 1.807) is 20.9 Å². The summed E-state index contributed by atoms with van der Waals surface area (Å²) >= 11 is 0. The smallest absolute Gasteiger partial charge is 0.355 e. The molecule has 0 N–H and O–H groups in total. The molecule has 1 rings (SSSR count). The summed E-state index contributed by atoms with van der Waals surface area (Å²) in [5, 5.41) is 10.8. The lowest BCUT2D eigenvalue weighted by molar-refractivity contribution is -0.385. The largest absolute Gasteiger partial charge is 0.461 e. The first-order valence-corrected chi connectivity index (χ1v) is 5.03. The lowest BCUT2D eigenvalue weighted by atomic mass is 10.3. The monoisotopic (exact) mass is 226 g/mol. The minimum Gasteiger partial charge on any atom is -0.461 e. The van der Waals surface area contributed by atoms with Gasteiger partial charge in [0.25, 0.3) is 5.69 Å². The molecule has 88 valence electrons. The van der Waals surface area contributed by atoms with Gasteiger partial charge in [-0.25, -0.2) is 4.79 Å². The lowest BCUT2D eigenvalue weighted by Crippen LogP contribution is -2.10. The van der Waals surface area contributed by atoms with Gasteiger partial charge in [0, 0.05) is 13.1 Å². The summed E-state index contributed by atoms with van der Waals surface area (Å²) in [5.74, 6) is -0.534. The zero-order valence-corrected chi connectivity index (χ0v) is 9.52. The number of rotatable bonds is 4. The van der Waals surface area contributed by atoms with Crippen molar-refractivity contribution >= 4 is 11.7 Å². The molecule has 0 unspecified atom stereocenters. The van der Waals surface area contributed by atoms with Gasteiger partial charge in [0.2, 0.25) is 0 Å². The minimum absolute atomic E-state index is 0.0342. The Morgan fingerprint density at radius 1 is 1.56 bits per heavy atom. The molecular formula is C10H14N2O4. The van der Waals surface area contributed by atoms with Crippen LogP contribution < -0.4 is 0 Å². The summed E-state index contributed by atoms with van der Waals surface area (Å²) in [7, 11) is 1.62. The topological polar surface area (TPSA) is 74.4 Å². The quantitative estimate of drug-likeness (QED) is 0.444. The molecule has 6 heteroatoms. The summed E-state index contributed by atoms with van der Waals surface area (Å²) in [6, 6.07) is 1.26. The summed E-state index contributed by atoms with van der Waals surface area (Å²) < 4.78 is 6.33. The van der Waals surface area contributed by atoms with Crippen molar-refractivity contribution in [2.75, 3.05) is 6.61 Å². The van der Waals surface area contributed by atoms with Gasteiger partial charge >= 0.3 is 5.97 Å². The molecule has 0 aromatic carbocycles. The maximum atomic E-state index is 11.5. The third kappa shape index (κ3) is 2.05. The molecule has 0 amide bonds. The summed E-state index contributed by atoms with van der Waals surface area (Å²) in [6.07, 6.45) is 0.492. The number of ether oxygens (including phenoxy) is 1.